The van der Waals surface area contributed by atoms with Gasteiger partial charge in [-0.15, -0.1) is 23.5 Å². The summed E-state index contributed by atoms with van der Waals surface area (Å²) in [6.45, 7) is 0. The zero-order valence-electron chi connectivity index (χ0n) is 10.8. The minimum absolute atomic E-state index is 0.0759. The van der Waals surface area contributed by atoms with Gasteiger partial charge in [0.15, 0.2) is 0 Å². The van der Waals surface area contributed by atoms with Gasteiger partial charge in [-0.2, -0.15) is 0 Å². The van der Waals surface area contributed by atoms with Crippen molar-refractivity contribution in [1.29, 1.82) is 0 Å². The lowest BCUT2D eigenvalue weighted by Crippen LogP contribution is -2.68. The predicted octanol–water partition coefficient (Wildman–Crippen LogP) is 0.150. The number of carboxylic acids is 1. The first kappa shape index (κ1) is 14.4. The zero-order chi connectivity index (χ0) is 15.0. The highest BCUT2D eigenvalue weighted by Crippen LogP contribution is 2.40. The van der Waals surface area contributed by atoms with Crippen molar-refractivity contribution in [2.45, 2.75) is 16.4 Å². The molecule has 0 aliphatic carbocycles. The zero-order valence-corrected chi connectivity index (χ0v) is 12.4. The van der Waals surface area contributed by atoms with E-state index in [1.807, 2.05) is 0 Å². The van der Waals surface area contributed by atoms with Crippen molar-refractivity contribution < 1.29 is 14.7 Å². The van der Waals surface area contributed by atoms with Crippen LogP contribution in [0.5, 0.6) is 0 Å². The van der Waals surface area contributed by atoms with Crippen molar-refractivity contribution in [2.75, 3.05) is 11.5 Å². The molecule has 0 bridgehead atoms. The number of hydrogen-bond acceptors (Lipinski definition) is 7. The second-order valence-electron chi connectivity index (χ2n) is 4.53. The fourth-order valence-electron chi connectivity index (χ4n) is 2.22. The summed E-state index contributed by atoms with van der Waals surface area (Å²) in [5.74, 6) is -0.382. The molecule has 3 rings (SSSR count). The molecule has 9 heteroatoms. The van der Waals surface area contributed by atoms with E-state index in [9.17, 15) is 14.7 Å². The van der Waals surface area contributed by atoms with Crippen LogP contribution in [-0.4, -0.2) is 54.8 Å². The molecule has 0 radical (unpaired) electrons. The second-order valence-corrected chi connectivity index (χ2v) is 6.63. The standard InChI is InChI=1S/C12H12N4O3S2/c13-8-10(17)16-9(12(18)19)6(4-21-11(8)16)3-20-7-1-2-14-5-15-7/h1-2,5,8,11H,3-4,13H2,(H,18,19)/t8?,11-/m0/s1. The van der Waals surface area contributed by atoms with Crippen LogP contribution >= 0.6 is 23.5 Å². The molecule has 7 nitrogen and oxygen atoms in total. The summed E-state index contributed by atoms with van der Waals surface area (Å²) in [5.41, 5.74) is 6.49. The lowest BCUT2D eigenvalue weighted by molar-refractivity contribution is -0.147. The fourth-order valence-corrected chi connectivity index (χ4v) is 4.48. The molecular weight excluding hydrogens is 312 g/mol. The van der Waals surface area contributed by atoms with Crippen LogP contribution in [0.2, 0.25) is 0 Å². The van der Waals surface area contributed by atoms with Gasteiger partial charge in [-0.25, -0.2) is 14.8 Å². The summed E-state index contributed by atoms with van der Waals surface area (Å²) < 4.78 is 0. The number of aromatic nitrogens is 2. The summed E-state index contributed by atoms with van der Waals surface area (Å²) >= 11 is 2.92. The molecule has 3 heterocycles. The summed E-state index contributed by atoms with van der Waals surface area (Å²) in [4.78, 5) is 32.5. The van der Waals surface area contributed by atoms with Gasteiger partial charge in [-0.05, 0) is 11.6 Å². The Morgan fingerprint density at radius 2 is 2.43 bits per heavy atom. The van der Waals surface area contributed by atoms with Gasteiger partial charge in [0, 0.05) is 17.7 Å². The number of aliphatic carboxylic acids is 1. The summed E-state index contributed by atoms with van der Waals surface area (Å²) in [7, 11) is 0. The quantitative estimate of drug-likeness (QED) is 0.457. The van der Waals surface area contributed by atoms with E-state index in [-0.39, 0.29) is 17.0 Å². The summed E-state index contributed by atoms with van der Waals surface area (Å²) in [5, 5.41) is 9.91. The van der Waals surface area contributed by atoms with Gasteiger partial charge in [-0.3, -0.25) is 9.69 Å². The summed E-state index contributed by atoms with van der Waals surface area (Å²) in [6, 6.07) is 1.16. The molecule has 1 unspecified atom stereocenters. The molecule has 0 aromatic carbocycles. The van der Waals surface area contributed by atoms with Crippen LogP contribution in [-0.2, 0) is 9.59 Å². The number of thioether (sulfide) groups is 2. The molecule has 1 aromatic heterocycles. The fraction of sp³-hybridized carbons (Fsp3) is 0.333. The highest BCUT2D eigenvalue weighted by Gasteiger charge is 2.51. The number of carbonyl (C=O) groups is 2. The molecule has 1 aromatic rings. The van der Waals surface area contributed by atoms with E-state index in [0.717, 1.165) is 5.03 Å². The van der Waals surface area contributed by atoms with Crippen LogP contribution in [0.15, 0.2) is 34.9 Å². The Bertz CT molecular complexity index is 622. The van der Waals surface area contributed by atoms with E-state index in [2.05, 4.69) is 9.97 Å². The molecule has 2 aliphatic rings. The molecule has 0 saturated carbocycles. The van der Waals surface area contributed by atoms with Crippen LogP contribution in [0.1, 0.15) is 0 Å². The molecule has 0 spiro atoms. The van der Waals surface area contributed by atoms with Crippen molar-refractivity contribution in [2.24, 2.45) is 5.73 Å². The topological polar surface area (TPSA) is 109 Å². The van der Waals surface area contributed by atoms with Crippen LogP contribution < -0.4 is 5.73 Å². The summed E-state index contributed by atoms with van der Waals surface area (Å²) in [6.07, 6.45) is 3.07. The average Bonchev–Trinajstić information content (AvgIpc) is 2.52. The van der Waals surface area contributed by atoms with Gasteiger partial charge in [0.25, 0.3) is 0 Å². The van der Waals surface area contributed by atoms with Crippen LogP contribution in [0.3, 0.4) is 0 Å². The Hall–Kier alpha value is -1.58. The Kier molecular flexibility index (Phi) is 3.87. The van der Waals surface area contributed by atoms with Gasteiger partial charge in [-0.1, -0.05) is 0 Å². The molecule has 2 aliphatic heterocycles. The van der Waals surface area contributed by atoms with E-state index in [0.29, 0.717) is 17.1 Å². The third-order valence-corrected chi connectivity index (χ3v) is 5.63. The number of nitrogens with two attached hydrogens (primary N) is 1. The van der Waals surface area contributed by atoms with Crippen LogP contribution in [0, 0.1) is 0 Å². The number of hydrogen-bond donors (Lipinski definition) is 2. The Morgan fingerprint density at radius 1 is 1.62 bits per heavy atom. The third-order valence-electron chi connectivity index (χ3n) is 3.24. The number of carboxylic acid groups (broad SMARTS) is 1. The van der Waals surface area contributed by atoms with Crippen molar-refractivity contribution in [3.8, 4) is 0 Å². The molecule has 1 fully saturated rings. The van der Waals surface area contributed by atoms with Gasteiger partial charge in [0.2, 0.25) is 5.91 Å². The predicted molar refractivity (Wildman–Crippen MR) is 78.5 cm³/mol. The molecule has 3 N–H and O–H groups in total. The van der Waals surface area contributed by atoms with Crippen molar-refractivity contribution >= 4 is 35.4 Å². The normalized spacial score (nSPS) is 24.6. The first-order valence-corrected chi connectivity index (χ1v) is 8.17. The molecule has 1 saturated heterocycles. The number of rotatable bonds is 4. The minimum Gasteiger partial charge on any atom is -0.477 e. The smallest absolute Gasteiger partial charge is 0.352 e. The van der Waals surface area contributed by atoms with Gasteiger partial charge in [0.1, 0.15) is 23.4 Å². The maximum absolute atomic E-state index is 11.8. The van der Waals surface area contributed by atoms with Gasteiger partial charge >= 0.3 is 5.97 Å². The highest BCUT2D eigenvalue weighted by molar-refractivity contribution is 8.01. The molecule has 21 heavy (non-hydrogen) atoms. The Labute approximate surface area is 129 Å². The number of nitrogens with zero attached hydrogens (tertiary/aromatic N) is 3. The molecule has 1 amide bonds. The monoisotopic (exact) mass is 324 g/mol. The highest BCUT2D eigenvalue weighted by atomic mass is 32.2. The average molecular weight is 324 g/mol. The SMILES string of the molecule is NC1C(=O)N2C(C(=O)O)=C(CSc3ccncn3)CS[C@@H]12. The molecular formula is C12H12N4O3S2. The van der Waals surface area contributed by atoms with Crippen LogP contribution in [0.25, 0.3) is 0 Å². The largest absolute Gasteiger partial charge is 0.477 e. The number of β-lactam (4-membered cyclic amide) rings is 1. The van der Waals surface area contributed by atoms with Crippen molar-refractivity contribution in [3.05, 3.63) is 29.9 Å². The first-order valence-electron chi connectivity index (χ1n) is 6.14. The third kappa shape index (κ3) is 2.52. The number of fused-ring (bicyclic) bond motifs is 1. The maximum atomic E-state index is 11.8. The van der Waals surface area contributed by atoms with Crippen molar-refractivity contribution in [1.82, 2.24) is 14.9 Å². The molecule has 2 atom stereocenters. The minimum atomic E-state index is -1.08. The first-order chi connectivity index (χ1) is 10.1. The van der Waals surface area contributed by atoms with E-state index >= 15 is 0 Å². The Morgan fingerprint density at radius 3 is 3.10 bits per heavy atom. The lowest BCUT2D eigenvalue weighted by atomic mass is 10.0. The molecule has 110 valence electrons. The number of carbonyl (C=O) groups excluding carboxylic acids is 1. The van der Waals surface area contributed by atoms with E-state index in [4.69, 9.17) is 5.73 Å². The van der Waals surface area contributed by atoms with Crippen LogP contribution in [0.4, 0.5) is 0 Å². The van der Waals surface area contributed by atoms with E-state index < -0.39 is 12.0 Å². The van der Waals surface area contributed by atoms with Gasteiger partial charge < -0.3 is 10.8 Å². The Balaban J connectivity index is 1.81. The maximum Gasteiger partial charge on any atom is 0.352 e. The van der Waals surface area contributed by atoms with Crippen molar-refractivity contribution in [3.63, 3.8) is 0 Å². The van der Waals surface area contributed by atoms with E-state index in [1.165, 1.54) is 34.8 Å². The number of amides is 1. The van der Waals surface area contributed by atoms with E-state index in [1.54, 1.807) is 12.3 Å². The second kappa shape index (κ2) is 5.66. The van der Waals surface area contributed by atoms with Gasteiger partial charge in [0.05, 0.1) is 5.03 Å². The lowest BCUT2D eigenvalue weighted by Gasteiger charge is -2.48.